The van der Waals surface area contributed by atoms with Crippen LogP contribution in [0.25, 0.3) is 16.3 Å². The van der Waals surface area contributed by atoms with E-state index in [9.17, 15) is 4.79 Å². The number of ether oxygens (including phenoxy) is 2. The molecule has 2 heterocycles. The summed E-state index contributed by atoms with van der Waals surface area (Å²) in [6.45, 7) is 1.26. The van der Waals surface area contributed by atoms with Crippen molar-refractivity contribution >= 4 is 38.7 Å². The van der Waals surface area contributed by atoms with Crippen LogP contribution < -0.4 is 9.64 Å². The molecule has 0 aliphatic carbocycles. The van der Waals surface area contributed by atoms with Crippen molar-refractivity contribution in [2.24, 2.45) is 0 Å². The van der Waals surface area contributed by atoms with Gasteiger partial charge in [0.15, 0.2) is 5.13 Å². The molecule has 1 fully saturated rings. The Kier molecular flexibility index (Phi) is 5.69. The molecule has 6 heteroatoms. The maximum Gasteiger partial charge on any atom is 0.252 e. The number of rotatable bonds is 6. The molecule has 0 radical (unpaired) electrons. The number of benzene rings is 2. The highest BCUT2D eigenvalue weighted by atomic mass is 32.1. The molecule has 0 saturated carbocycles. The molecule has 1 aromatic heterocycles. The van der Waals surface area contributed by atoms with Gasteiger partial charge in [-0.25, -0.2) is 4.98 Å². The number of thiazole rings is 1. The van der Waals surface area contributed by atoms with Crippen LogP contribution in [0.1, 0.15) is 18.4 Å². The highest BCUT2D eigenvalue weighted by Crippen LogP contribution is 2.32. The predicted molar refractivity (Wildman–Crippen MR) is 113 cm³/mol. The van der Waals surface area contributed by atoms with Gasteiger partial charge in [-0.3, -0.25) is 9.69 Å². The van der Waals surface area contributed by atoms with E-state index < -0.39 is 0 Å². The second kappa shape index (κ2) is 8.54. The van der Waals surface area contributed by atoms with Crippen LogP contribution in [-0.4, -0.2) is 37.3 Å². The number of carbonyl (C=O) groups is 1. The lowest BCUT2D eigenvalue weighted by molar-refractivity contribution is -0.114. The molecule has 144 valence electrons. The molecule has 28 heavy (non-hydrogen) atoms. The van der Waals surface area contributed by atoms with Crippen LogP contribution in [0.5, 0.6) is 5.75 Å². The summed E-state index contributed by atoms with van der Waals surface area (Å²) < 4.78 is 12.1. The highest BCUT2D eigenvalue weighted by molar-refractivity contribution is 7.22. The molecule has 2 aromatic carbocycles. The fraction of sp³-hybridized carbons (Fsp3) is 0.273. The zero-order chi connectivity index (χ0) is 19.3. The zero-order valence-corrected chi connectivity index (χ0v) is 16.5. The van der Waals surface area contributed by atoms with Crippen molar-refractivity contribution in [2.45, 2.75) is 18.9 Å². The summed E-state index contributed by atoms with van der Waals surface area (Å²) in [6.07, 6.45) is 5.49. The van der Waals surface area contributed by atoms with Crippen LogP contribution in [0.4, 0.5) is 5.13 Å². The number of nitrogens with zero attached hydrogens (tertiary/aromatic N) is 2. The lowest BCUT2D eigenvalue weighted by Gasteiger charge is -2.21. The van der Waals surface area contributed by atoms with Gasteiger partial charge in [-0.1, -0.05) is 41.7 Å². The molecule has 1 aliphatic rings. The quantitative estimate of drug-likeness (QED) is 0.577. The van der Waals surface area contributed by atoms with E-state index in [2.05, 4.69) is 4.98 Å². The van der Waals surface area contributed by atoms with Crippen molar-refractivity contribution in [3.05, 3.63) is 60.2 Å². The van der Waals surface area contributed by atoms with E-state index in [1.165, 1.54) is 11.3 Å². The second-order valence-corrected chi connectivity index (χ2v) is 7.67. The number of carbonyl (C=O) groups excluding carboxylic acids is 1. The SMILES string of the molecule is COc1ccc2nc(N(CC3CCCO3)C(=O)/C=C/c3ccccc3)sc2c1. The Hall–Kier alpha value is -2.70. The van der Waals surface area contributed by atoms with Gasteiger partial charge in [-0.2, -0.15) is 0 Å². The lowest BCUT2D eigenvalue weighted by Crippen LogP contribution is -2.36. The van der Waals surface area contributed by atoms with Crippen molar-refractivity contribution in [3.63, 3.8) is 0 Å². The lowest BCUT2D eigenvalue weighted by atomic mass is 10.2. The molecule has 1 unspecified atom stereocenters. The van der Waals surface area contributed by atoms with Crippen LogP contribution in [0, 0.1) is 0 Å². The normalized spacial score (nSPS) is 16.7. The van der Waals surface area contributed by atoms with E-state index in [-0.39, 0.29) is 12.0 Å². The minimum absolute atomic E-state index is 0.0515. The molecule has 0 spiro atoms. The fourth-order valence-corrected chi connectivity index (χ4v) is 4.22. The van der Waals surface area contributed by atoms with Crippen LogP contribution in [0.3, 0.4) is 0 Å². The summed E-state index contributed by atoms with van der Waals surface area (Å²) in [4.78, 5) is 19.4. The maximum absolute atomic E-state index is 13.0. The van der Waals surface area contributed by atoms with Gasteiger partial charge in [-0.15, -0.1) is 0 Å². The molecule has 1 saturated heterocycles. The van der Waals surface area contributed by atoms with E-state index >= 15 is 0 Å². The Morgan fingerprint density at radius 1 is 1.32 bits per heavy atom. The van der Waals surface area contributed by atoms with Crippen LogP contribution in [0.15, 0.2) is 54.6 Å². The van der Waals surface area contributed by atoms with Gasteiger partial charge < -0.3 is 9.47 Å². The maximum atomic E-state index is 13.0. The zero-order valence-electron chi connectivity index (χ0n) is 15.7. The summed E-state index contributed by atoms with van der Waals surface area (Å²) in [5, 5.41) is 0.682. The third kappa shape index (κ3) is 4.24. The number of methoxy groups -OCH3 is 1. The van der Waals surface area contributed by atoms with Gasteiger partial charge in [0, 0.05) is 12.7 Å². The van der Waals surface area contributed by atoms with Gasteiger partial charge in [0.25, 0.3) is 5.91 Å². The minimum atomic E-state index is -0.0922. The number of fused-ring (bicyclic) bond motifs is 1. The monoisotopic (exact) mass is 394 g/mol. The van der Waals surface area contributed by atoms with Gasteiger partial charge in [0.2, 0.25) is 0 Å². The number of amides is 1. The average Bonchev–Trinajstić information content (AvgIpc) is 3.39. The molecule has 5 nitrogen and oxygen atoms in total. The molecule has 1 aliphatic heterocycles. The van der Waals surface area contributed by atoms with Crippen LogP contribution in [0.2, 0.25) is 0 Å². The van der Waals surface area contributed by atoms with Crippen molar-refractivity contribution in [2.75, 3.05) is 25.2 Å². The Bertz CT molecular complexity index is 978. The first kappa shape index (κ1) is 18.7. The molecule has 0 N–H and O–H groups in total. The first-order chi connectivity index (χ1) is 13.7. The average molecular weight is 394 g/mol. The second-order valence-electron chi connectivity index (χ2n) is 6.66. The van der Waals surface area contributed by atoms with Crippen molar-refractivity contribution in [3.8, 4) is 5.75 Å². The largest absolute Gasteiger partial charge is 0.497 e. The van der Waals surface area contributed by atoms with Gasteiger partial charge in [-0.05, 0) is 42.7 Å². The van der Waals surface area contributed by atoms with Crippen molar-refractivity contribution in [1.29, 1.82) is 0 Å². The third-order valence-electron chi connectivity index (χ3n) is 4.71. The molecule has 1 atom stereocenters. The standard InChI is InChI=1S/C22H22N2O3S/c1-26-17-10-11-19-20(14-17)28-22(23-19)24(15-18-8-5-13-27-18)21(25)12-9-16-6-3-2-4-7-16/h2-4,6-7,9-12,14,18H,5,8,13,15H2,1H3/b12-9+. The Balaban J connectivity index is 1.62. The van der Waals surface area contributed by atoms with Crippen LogP contribution in [-0.2, 0) is 9.53 Å². The Labute approximate surface area is 168 Å². The Morgan fingerprint density at radius 2 is 2.18 bits per heavy atom. The topological polar surface area (TPSA) is 51.7 Å². The first-order valence-electron chi connectivity index (χ1n) is 9.34. The molecular weight excluding hydrogens is 372 g/mol. The predicted octanol–water partition coefficient (Wildman–Crippen LogP) is 4.53. The van der Waals surface area contributed by atoms with E-state index in [0.29, 0.717) is 11.7 Å². The van der Waals surface area contributed by atoms with Gasteiger partial charge >= 0.3 is 0 Å². The molecular formula is C22H22N2O3S. The summed E-state index contributed by atoms with van der Waals surface area (Å²) in [6, 6.07) is 15.6. The van der Waals surface area contributed by atoms with Crippen molar-refractivity contribution < 1.29 is 14.3 Å². The molecule has 4 rings (SSSR count). The van der Waals surface area contributed by atoms with Crippen LogP contribution >= 0.6 is 11.3 Å². The number of hydrogen-bond acceptors (Lipinski definition) is 5. The number of aromatic nitrogens is 1. The smallest absolute Gasteiger partial charge is 0.252 e. The first-order valence-corrected chi connectivity index (χ1v) is 10.2. The molecule has 1 amide bonds. The summed E-state index contributed by atoms with van der Waals surface area (Å²) in [5.74, 6) is 0.689. The number of hydrogen-bond donors (Lipinski definition) is 0. The van der Waals surface area contributed by atoms with Crippen molar-refractivity contribution in [1.82, 2.24) is 4.98 Å². The van der Waals surface area contributed by atoms with Gasteiger partial charge in [0.05, 0.1) is 30.0 Å². The summed E-state index contributed by atoms with van der Waals surface area (Å²) >= 11 is 1.49. The number of anilines is 1. The van der Waals surface area contributed by atoms with E-state index in [0.717, 1.165) is 41.0 Å². The molecule has 0 bridgehead atoms. The van der Waals surface area contributed by atoms with E-state index in [1.54, 1.807) is 18.1 Å². The summed E-state index contributed by atoms with van der Waals surface area (Å²) in [7, 11) is 1.64. The third-order valence-corrected chi connectivity index (χ3v) is 5.75. The van der Waals surface area contributed by atoms with Gasteiger partial charge in [0.1, 0.15) is 5.75 Å². The fourth-order valence-electron chi connectivity index (χ4n) is 3.21. The Morgan fingerprint density at radius 3 is 2.93 bits per heavy atom. The highest BCUT2D eigenvalue weighted by Gasteiger charge is 2.25. The van der Waals surface area contributed by atoms with E-state index in [4.69, 9.17) is 9.47 Å². The van der Waals surface area contributed by atoms with E-state index in [1.807, 2.05) is 54.6 Å². The minimum Gasteiger partial charge on any atom is -0.497 e. The molecule has 3 aromatic rings. The summed E-state index contributed by atoms with van der Waals surface area (Å²) in [5.41, 5.74) is 1.85.